The Balaban J connectivity index is 1.35. The van der Waals surface area contributed by atoms with E-state index in [-0.39, 0.29) is 0 Å². The van der Waals surface area contributed by atoms with Crippen LogP contribution in [0.3, 0.4) is 0 Å². The van der Waals surface area contributed by atoms with Crippen LogP contribution in [0.1, 0.15) is 37.8 Å². The summed E-state index contributed by atoms with van der Waals surface area (Å²) >= 11 is 1.56. The van der Waals surface area contributed by atoms with Crippen LogP contribution in [0, 0.1) is 18.3 Å². The lowest BCUT2D eigenvalue weighted by atomic mass is 9.97. The normalized spacial score (nSPS) is 23.9. The lowest BCUT2D eigenvalue weighted by Gasteiger charge is -2.39. The van der Waals surface area contributed by atoms with E-state index >= 15 is 0 Å². The molecule has 2 aliphatic heterocycles. The number of aryl methyl sites for hydroxylation is 1. The highest BCUT2D eigenvalue weighted by molar-refractivity contribution is 7.17. The third-order valence-corrected chi connectivity index (χ3v) is 6.67. The minimum atomic E-state index is 0.367. The maximum Gasteiger partial charge on any atom is 0.232 e. The van der Waals surface area contributed by atoms with Crippen LogP contribution < -0.4 is 10.6 Å². The van der Waals surface area contributed by atoms with Gasteiger partial charge in [0.05, 0.1) is 11.6 Å². The number of hydrogen-bond acceptors (Lipinski definition) is 9. The first-order valence-electron chi connectivity index (χ1n) is 9.99. The Bertz CT molecular complexity index is 1040. The minimum absolute atomic E-state index is 0.367. The van der Waals surface area contributed by atoms with Crippen molar-refractivity contribution in [3.63, 3.8) is 0 Å². The third kappa shape index (κ3) is 3.63. The summed E-state index contributed by atoms with van der Waals surface area (Å²) in [7, 11) is 0. The average molecular weight is 410 g/mol. The fourth-order valence-electron chi connectivity index (χ4n) is 4.64. The van der Waals surface area contributed by atoms with Gasteiger partial charge in [-0.05, 0) is 32.6 Å². The topological polar surface area (TPSA) is 118 Å². The van der Waals surface area contributed by atoms with E-state index in [0.717, 1.165) is 35.6 Å². The quantitative estimate of drug-likeness (QED) is 0.568. The number of rotatable bonds is 6. The van der Waals surface area contributed by atoms with Crippen molar-refractivity contribution >= 4 is 39.3 Å². The molecule has 0 saturated carbocycles. The number of aromatic nitrogens is 5. The molecule has 9 nitrogen and oxygen atoms in total. The van der Waals surface area contributed by atoms with Crippen molar-refractivity contribution in [3.05, 3.63) is 17.3 Å². The van der Waals surface area contributed by atoms with E-state index in [4.69, 9.17) is 10.2 Å². The first kappa shape index (κ1) is 18.3. The molecule has 0 spiro atoms. The van der Waals surface area contributed by atoms with Crippen LogP contribution in [0.25, 0.3) is 10.3 Å². The maximum absolute atomic E-state index is 8.93. The van der Waals surface area contributed by atoms with Gasteiger partial charge in [0.2, 0.25) is 5.95 Å². The fourth-order valence-corrected chi connectivity index (χ4v) is 5.32. The average Bonchev–Trinajstić information content (AvgIpc) is 3.39. The van der Waals surface area contributed by atoms with Crippen LogP contribution >= 0.6 is 11.3 Å². The molecule has 10 heteroatoms. The van der Waals surface area contributed by atoms with Gasteiger partial charge in [0.25, 0.3) is 0 Å². The van der Waals surface area contributed by atoms with Crippen LogP contribution in [0.2, 0.25) is 0 Å². The summed E-state index contributed by atoms with van der Waals surface area (Å²) in [4.78, 5) is 16.2. The molecule has 2 fully saturated rings. The highest BCUT2D eigenvalue weighted by Crippen LogP contribution is 2.37. The Hall–Kier alpha value is -2.77. The van der Waals surface area contributed by atoms with Gasteiger partial charge in [-0.15, -0.1) is 11.3 Å². The largest absolute Gasteiger partial charge is 0.366 e. The van der Waals surface area contributed by atoms with E-state index in [1.807, 2.05) is 13.0 Å². The van der Waals surface area contributed by atoms with Crippen molar-refractivity contribution in [2.45, 2.75) is 57.2 Å². The standard InChI is InChI=1S/C19H23N9S/c1-11-7-15(27-26-11)23-19-24-17-16(29-10-21-17)18(25-19)22-12-8-13-3-4-14(9-12)28(13)6-2-5-20/h7,10,12-14H,2-4,6,8-9H2,1H3,(H3,22,23,24,25,26,27)/t12?,13-,14+. The first-order valence-corrected chi connectivity index (χ1v) is 10.9. The second-order valence-electron chi connectivity index (χ2n) is 7.81. The predicted molar refractivity (Wildman–Crippen MR) is 112 cm³/mol. The van der Waals surface area contributed by atoms with Gasteiger partial charge in [0, 0.05) is 42.9 Å². The Labute approximate surface area is 172 Å². The highest BCUT2D eigenvalue weighted by Gasteiger charge is 2.40. The molecule has 5 rings (SSSR count). The number of anilines is 3. The molecular formula is C19H23N9S. The van der Waals surface area contributed by atoms with Gasteiger partial charge < -0.3 is 10.6 Å². The lowest BCUT2D eigenvalue weighted by molar-refractivity contribution is 0.136. The molecule has 3 aromatic rings. The molecule has 2 aliphatic rings. The SMILES string of the molecule is Cc1cc(Nc2nc(NC3C[C@H]4CC[C@@H](C3)N4CCC#N)c3scnc3n2)n[nH]1. The van der Waals surface area contributed by atoms with Crippen LogP contribution in [0.15, 0.2) is 11.6 Å². The van der Waals surface area contributed by atoms with Gasteiger partial charge >= 0.3 is 0 Å². The first-order chi connectivity index (χ1) is 14.2. The number of aromatic amines is 1. The Kier molecular flexibility index (Phi) is 4.77. The van der Waals surface area contributed by atoms with Gasteiger partial charge in [-0.1, -0.05) is 0 Å². The molecule has 5 heterocycles. The zero-order chi connectivity index (χ0) is 19.8. The number of piperidine rings is 1. The smallest absolute Gasteiger partial charge is 0.232 e. The predicted octanol–water partition coefficient (Wildman–Crippen LogP) is 3.18. The Morgan fingerprint density at radius 1 is 1.31 bits per heavy atom. The van der Waals surface area contributed by atoms with Crippen molar-refractivity contribution in [1.29, 1.82) is 5.26 Å². The van der Waals surface area contributed by atoms with Crippen LogP contribution in [-0.4, -0.2) is 54.7 Å². The summed E-state index contributed by atoms with van der Waals surface area (Å²) in [5.74, 6) is 2.01. The van der Waals surface area contributed by atoms with E-state index in [9.17, 15) is 0 Å². The Morgan fingerprint density at radius 3 is 2.86 bits per heavy atom. The summed E-state index contributed by atoms with van der Waals surface area (Å²) < 4.78 is 0.980. The van der Waals surface area contributed by atoms with Gasteiger partial charge in [-0.25, -0.2) is 4.98 Å². The molecule has 0 aliphatic carbocycles. The van der Waals surface area contributed by atoms with Crippen molar-refractivity contribution < 1.29 is 0 Å². The second kappa shape index (κ2) is 7.57. The molecule has 29 heavy (non-hydrogen) atoms. The van der Waals surface area contributed by atoms with Crippen molar-refractivity contribution in [1.82, 2.24) is 30.0 Å². The van der Waals surface area contributed by atoms with Gasteiger partial charge in [-0.3, -0.25) is 10.00 Å². The summed E-state index contributed by atoms with van der Waals surface area (Å²) in [5.41, 5.74) is 3.47. The van der Waals surface area contributed by atoms with E-state index < -0.39 is 0 Å². The zero-order valence-electron chi connectivity index (χ0n) is 16.2. The number of nitriles is 1. The molecule has 2 saturated heterocycles. The summed E-state index contributed by atoms with van der Waals surface area (Å²) in [6.45, 7) is 2.84. The molecule has 150 valence electrons. The number of thiazole rings is 1. The number of hydrogen-bond donors (Lipinski definition) is 3. The zero-order valence-corrected chi connectivity index (χ0v) is 17.0. The summed E-state index contributed by atoms with van der Waals surface area (Å²) in [5, 5.41) is 22.9. The maximum atomic E-state index is 8.93. The molecule has 0 amide bonds. The van der Waals surface area contributed by atoms with E-state index in [2.05, 4.69) is 41.8 Å². The van der Waals surface area contributed by atoms with Gasteiger partial charge in [0.1, 0.15) is 4.70 Å². The minimum Gasteiger partial charge on any atom is -0.366 e. The van der Waals surface area contributed by atoms with Crippen molar-refractivity contribution in [2.24, 2.45) is 0 Å². The molecule has 0 aromatic carbocycles. The van der Waals surface area contributed by atoms with Crippen molar-refractivity contribution in [3.8, 4) is 6.07 Å². The molecule has 3 N–H and O–H groups in total. The number of nitrogens with zero attached hydrogens (tertiary/aromatic N) is 6. The molecule has 0 radical (unpaired) electrons. The Morgan fingerprint density at radius 2 is 2.14 bits per heavy atom. The second-order valence-corrected chi connectivity index (χ2v) is 8.66. The lowest BCUT2D eigenvalue weighted by Crippen LogP contribution is -2.47. The summed E-state index contributed by atoms with van der Waals surface area (Å²) in [6.07, 6.45) is 5.21. The van der Waals surface area contributed by atoms with Crippen LogP contribution in [-0.2, 0) is 0 Å². The van der Waals surface area contributed by atoms with E-state index in [0.29, 0.717) is 42.0 Å². The van der Waals surface area contributed by atoms with Gasteiger partial charge in [-0.2, -0.15) is 20.3 Å². The number of nitrogens with one attached hydrogen (secondary N) is 3. The molecule has 3 aromatic heterocycles. The molecule has 2 bridgehead atoms. The summed E-state index contributed by atoms with van der Waals surface area (Å²) in [6, 6.07) is 5.68. The molecule has 3 atom stereocenters. The van der Waals surface area contributed by atoms with E-state index in [1.54, 1.807) is 16.8 Å². The van der Waals surface area contributed by atoms with Crippen molar-refractivity contribution in [2.75, 3.05) is 17.2 Å². The molecular weight excluding hydrogens is 386 g/mol. The van der Waals surface area contributed by atoms with Crippen LogP contribution in [0.4, 0.5) is 17.6 Å². The molecule has 1 unspecified atom stereocenters. The monoisotopic (exact) mass is 409 g/mol. The van der Waals surface area contributed by atoms with Crippen LogP contribution in [0.5, 0.6) is 0 Å². The third-order valence-electron chi connectivity index (χ3n) is 5.85. The van der Waals surface area contributed by atoms with E-state index in [1.165, 1.54) is 12.8 Å². The van der Waals surface area contributed by atoms with Gasteiger partial charge in [0.15, 0.2) is 17.3 Å². The number of H-pyrrole nitrogens is 1. The number of fused-ring (bicyclic) bond motifs is 3. The fraction of sp³-hybridized carbons (Fsp3) is 0.526. The highest BCUT2D eigenvalue weighted by atomic mass is 32.1.